The number of unbranched alkanes of at least 4 members (excludes halogenated alkanes) is 1. The zero-order valence-electron chi connectivity index (χ0n) is 5.54. The van der Waals surface area contributed by atoms with Gasteiger partial charge >= 0.3 is 10.1 Å². The van der Waals surface area contributed by atoms with Crippen molar-refractivity contribution in [3.8, 4) is 0 Å². The molecule has 0 aliphatic rings. The predicted molar refractivity (Wildman–Crippen MR) is 37.0 cm³/mol. The van der Waals surface area contributed by atoms with E-state index in [9.17, 15) is 0 Å². The zero-order valence-corrected chi connectivity index (χ0v) is 5.54. The van der Waals surface area contributed by atoms with Crippen molar-refractivity contribution in [2.24, 2.45) is 0 Å². The van der Waals surface area contributed by atoms with Crippen molar-refractivity contribution >= 4 is 10.1 Å². The fourth-order valence-electron chi connectivity index (χ4n) is 0. The van der Waals surface area contributed by atoms with Crippen LogP contribution in [0.5, 0.6) is 0 Å². The third kappa shape index (κ3) is 78.5. The molecule has 0 saturated heterocycles. The molecule has 0 unspecified atom stereocenters. The van der Waals surface area contributed by atoms with Gasteiger partial charge in [-0.2, -0.15) is 13.3 Å². The van der Waals surface area contributed by atoms with Gasteiger partial charge in [0.15, 0.2) is 0 Å². The molecule has 7 heavy (non-hydrogen) atoms. The van der Waals surface area contributed by atoms with Gasteiger partial charge in [-0.1, -0.05) is 13.3 Å². The molecule has 0 aromatic heterocycles. The van der Waals surface area contributed by atoms with Crippen LogP contribution in [0.25, 0.3) is 0 Å². The predicted octanol–water partition coefficient (Wildman–Crippen LogP) is 2.08. The Morgan fingerprint density at radius 1 is 1.29 bits per heavy atom. The molecule has 0 bridgehead atoms. The van der Waals surface area contributed by atoms with Crippen LogP contribution in [0.15, 0.2) is 0 Å². The van der Waals surface area contributed by atoms with E-state index in [1.807, 2.05) is 0 Å². The van der Waals surface area contributed by atoms with Gasteiger partial charge in [0.1, 0.15) is 0 Å². The van der Waals surface area contributed by atoms with E-state index in [1.165, 1.54) is 6.42 Å². The van der Waals surface area contributed by atoms with Crippen molar-refractivity contribution in [2.75, 3.05) is 0 Å². The second-order valence-corrected chi connectivity index (χ2v) is 0.854. The van der Waals surface area contributed by atoms with Gasteiger partial charge in [-0.25, -0.2) is 0 Å². The molecule has 0 N–H and O–H groups in total. The van der Waals surface area contributed by atoms with E-state index in [1.54, 1.807) is 6.92 Å². The maximum Gasteiger partial charge on any atom is 2.00 e. The molecule has 0 rings (SSSR count). The molecule has 0 nitrogen and oxygen atoms in total. The van der Waals surface area contributed by atoms with E-state index in [2.05, 4.69) is 20.8 Å². The summed E-state index contributed by atoms with van der Waals surface area (Å²) in [5, 5.41) is 0. The summed E-state index contributed by atoms with van der Waals surface area (Å²) >= 11 is 0. The van der Waals surface area contributed by atoms with E-state index >= 15 is 0 Å². The SMILES string of the molecule is [Be+2].[CH2-]C.[CH2-]CCC. The van der Waals surface area contributed by atoms with Crippen LogP contribution in [0.1, 0.15) is 26.7 Å². The van der Waals surface area contributed by atoms with E-state index in [0.29, 0.717) is 0 Å². The van der Waals surface area contributed by atoms with Crippen LogP contribution in [0, 0.1) is 13.8 Å². The van der Waals surface area contributed by atoms with Gasteiger partial charge in [0.25, 0.3) is 0 Å². The van der Waals surface area contributed by atoms with E-state index < -0.39 is 0 Å². The first kappa shape index (κ1) is 15.7. The van der Waals surface area contributed by atoms with E-state index in [0.717, 1.165) is 6.42 Å². The topological polar surface area (TPSA) is 0 Å². The molecule has 0 aromatic rings. The summed E-state index contributed by atoms with van der Waals surface area (Å²) < 4.78 is 0. The van der Waals surface area contributed by atoms with Crippen molar-refractivity contribution in [3.05, 3.63) is 13.8 Å². The van der Waals surface area contributed by atoms with Crippen LogP contribution < -0.4 is 0 Å². The Morgan fingerprint density at radius 2 is 1.43 bits per heavy atom. The quantitative estimate of drug-likeness (QED) is 0.345. The molecule has 0 aliphatic heterocycles. The molecule has 1 heteroatoms. The van der Waals surface area contributed by atoms with Crippen LogP contribution in [0.2, 0.25) is 0 Å². The minimum absolute atomic E-state index is 0. The van der Waals surface area contributed by atoms with Gasteiger partial charge in [-0.05, 0) is 0 Å². The van der Waals surface area contributed by atoms with Gasteiger partial charge in [-0.15, -0.1) is 0 Å². The minimum Gasteiger partial charge on any atom is -0.346 e. The summed E-state index contributed by atoms with van der Waals surface area (Å²) in [5.74, 6) is 0. The largest absolute Gasteiger partial charge is 2.00 e. The van der Waals surface area contributed by atoms with Gasteiger partial charge in [0.05, 0.1) is 0 Å². The molecular formula is C6H14Be. The second kappa shape index (κ2) is 35.0. The normalized spacial score (nSPS) is 5.14. The van der Waals surface area contributed by atoms with Crippen LogP contribution >= 0.6 is 0 Å². The van der Waals surface area contributed by atoms with Gasteiger partial charge in [0.2, 0.25) is 0 Å². The Kier molecular flexibility index (Phi) is 78.6. The maximum absolute atomic E-state index is 3.60. The van der Waals surface area contributed by atoms with Gasteiger partial charge in [-0.3, -0.25) is 0 Å². The first-order valence-corrected chi connectivity index (χ1v) is 2.41. The monoisotopic (exact) mass is 95.1 g/mol. The van der Waals surface area contributed by atoms with Crippen molar-refractivity contribution in [1.29, 1.82) is 0 Å². The smallest absolute Gasteiger partial charge is 0.346 e. The van der Waals surface area contributed by atoms with Crippen molar-refractivity contribution in [1.82, 2.24) is 0 Å². The molecule has 0 amide bonds. The molecule has 0 heterocycles. The summed E-state index contributed by atoms with van der Waals surface area (Å²) in [5.41, 5.74) is 0. The van der Waals surface area contributed by atoms with Crippen LogP contribution in [0.4, 0.5) is 0 Å². The summed E-state index contributed by atoms with van der Waals surface area (Å²) in [6, 6.07) is 0. The fraction of sp³-hybridized carbons (Fsp3) is 0.667. The molecule has 0 aromatic carbocycles. The zero-order chi connectivity index (χ0) is 5.41. The van der Waals surface area contributed by atoms with Crippen LogP contribution in [-0.4, -0.2) is 10.1 Å². The standard InChI is InChI=1S/C4H9.C2H5.Be/c1-3-4-2;1-2;/h1,3-4H2,2H3;1H2,2H3;/q2*-1;+2. The average molecular weight is 95.2 g/mol. The van der Waals surface area contributed by atoms with E-state index in [4.69, 9.17) is 0 Å². The van der Waals surface area contributed by atoms with Gasteiger partial charge < -0.3 is 13.8 Å². The van der Waals surface area contributed by atoms with Crippen LogP contribution in [0.3, 0.4) is 0 Å². The number of hydrogen-bond acceptors (Lipinski definition) is 0. The molecule has 0 fully saturated rings. The molecule has 0 radical (unpaired) electrons. The Morgan fingerprint density at radius 3 is 1.43 bits per heavy atom. The molecule has 0 atom stereocenters. The molecule has 40 valence electrons. The summed E-state index contributed by atoms with van der Waals surface area (Å²) in [7, 11) is 0. The first-order chi connectivity index (χ1) is 2.91. The Bertz CT molecular complexity index is 6.14. The maximum atomic E-state index is 3.60. The molecule has 0 aliphatic carbocycles. The van der Waals surface area contributed by atoms with Crippen molar-refractivity contribution in [3.63, 3.8) is 0 Å². The van der Waals surface area contributed by atoms with Crippen molar-refractivity contribution in [2.45, 2.75) is 26.7 Å². The Hall–Kier alpha value is 0.169. The second-order valence-electron chi connectivity index (χ2n) is 0.854. The van der Waals surface area contributed by atoms with E-state index in [-0.39, 0.29) is 10.1 Å². The minimum atomic E-state index is 0. The average Bonchev–Trinajstić information content (AvgIpc) is 1.72. The van der Waals surface area contributed by atoms with Gasteiger partial charge in [0, 0.05) is 0 Å². The molecular weight excluding hydrogens is 81.1 g/mol. The third-order valence-electron chi connectivity index (χ3n) is 0.354. The fourth-order valence-corrected chi connectivity index (χ4v) is 0. The summed E-state index contributed by atoms with van der Waals surface area (Å²) in [6.07, 6.45) is 2.28. The molecule has 0 spiro atoms. The Balaban J connectivity index is -0.0000000480. The number of rotatable bonds is 1. The van der Waals surface area contributed by atoms with Crippen molar-refractivity contribution < 1.29 is 0 Å². The van der Waals surface area contributed by atoms with Crippen LogP contribution in [-0.2, 0) is 0 Å². The third-order valence-corrected chi connectivity index (χ3v) is 0.354. The number of hydrogen-bond donors (Lipinski definition) is 0. The summed E-state index contributed by atoms with van der Waals surface area (Å²) in [6.45, 7) is 10.7. The summed E-state index contributed by atoms with van der Waals surface area (Å²) in [4.78, 5) is 0. The first-order valence-electron chi connectivity index (χ1n) is 2.41. The molecule has 0 saturated carbocycles. The Labute approximate surface area is 51.5 Å².